The summed E-state index contributed by atoms with van der Waals surface area (Å²) in [7, 11) is 0. The molecular formula is C16H31N. The molecule has 2 rings (SSSR count). The largest absolute Gasteiger partial charge is 0.300 e. The van der Waals surface area contributed by atoms with Crippen LogP contribution in [0.25, 0.3) is 0 Å². The monoisotopic (exact) mass is 237 g/mol. The Bertz CT molecular complexity index is 188. The highest BCUT2D eigenvalue weighted by Crippen LogP contribution is 2.32. The minimum absolute atomic E-state index is 0.956. The molecule has 2 aliphatic rings. The predicted octanol–water partition coefficient (Wildman–Crippen LogP) is 4.61. The molecule has 1 heteroatoms. The van der Waals surface area contributed by atoms with Crippen molar-refractivity contribution in [2.24, 2.45) is 5.92 Å². The number of hydrogen-bond donors (Lipinski definition) is 0. The lowest BCUT2D eigenvalue weighted by Crippen LogP contribution is -2.41. The van der Waals surface area contributed by atoms with Gasteiger partial charge in [-0.05, 0) is 57.5 Å². The Morgan fingerprint density at radius 1 is 0.882 bits per heavy atom. The van der Waals surface area contributed by atoms with Crippen molar-refractivity contribution in [1.82, 2.24) is 4.90 Å². The first-order valence-corrected chi connectivity index (χ1v) is 8.14. The lowest BCUT2D eigenvalue weighted by Gasteiger charge is -2.39. The molecule has 0 aromatic heterocycles. The SMILES string of the molecule is CCCCC[C@H]1CC[C@H](N2CCCCC2)CC1. The fourth-order valence-electron chi connectivity index (χ4n) is 3.77. The minimum atomic E-state index is 0.956. The maximum absolute atomic E-state index is 2.80. The van der Waals surface area contributed by atoms with E-state index in [2.05, 4.69) is 11.8 Å². The first-order valence-electron chi connectivity index (χ1n) is 8.14. The molecule has 0 spiro atoms. The van der Waals surface area contributed by atoms with Gasteiger partial charge in [0, 0.05) is 6.04 Å². The van der Waals surface area contributed by atoms with E-state index in [0.29, 0.717) is 0 Å². The smallest absolute Gasteiger partial charge is 0.00954 e. The summed E-state index contributed by atoms with van der Waals surface area (Å²) >= 11 is 0. The van der Waals surface area contributed by atoms with Crippen molar-refractivity contribution < 1.29 is 0 Å². The first-order chi connectivity index (χ1) is 8.40. The zero-order valence-corrected chi connectivity index (χ0v) is 11.8. The summed E-state index contributed by atoms with van der Waals surface area (Å²) in [6.07, 6.45) is 16.2. The van der Waals surface area contributed by atoms with Crippen LogP contribution in [0.2, 0.25) is 0 Å². The molecule has 1 nitrogen and oxygen atoms in total. The van der Waals surface area contributed by atoms with Crippen molar-refractivity contribution in [3.8, 4) is 0 Å². The lowest BCUT2D eigenvalue weighted by molar-refractivity contribution is 0.112. The van der Waals surface area contributed by atoms with Gasteiger partial charge < -0.3 is 4.90 Å². The number of unbranched alkanes of at least 4 members (excludes halogenated alkanes) is 2. The van der Waals surface area contributed by atoms with E-state index in [9.17, 15) is 0 Å². The van der Waals surface area contributed by atoms with Crippen LogP contribution >= 0.6 is 0 Å². The molecule has 0 aromatic rings. The lowest BCUT2D eigenvalue weighted by atomic mass is 9.82. The van der Waals surface area contributed by atoms with Crippen molar-refractivity contribution in [3.05, 3.63) is 0 Å². The van der Waals surface area contributed by atoms with E-state index in [-0.39, 0.29) is 0 Å². The minimum Gasteiger partial charge on any atom is -0.300 e. The van der Waals surface area contributed by atoms with Crippen LogP contribution in [0, 0.1) is 5.92 Å². The Hall–Kier alpha value is -0.0400. The van der Waals surface area contributed by atoms with Gasteiger partial charge in [0.25, 0.3) is 0 Å². The van der Waals surface area contributed by atoms with Crippen LogP contribution in [0.1, 0.15) is 77.6 Å². The maximum Gasteiger partial charge on any atom is 0.00954 e. The van der Waals surface area contributed by atoms with Crippen LogP contribution in [0.4, 0.5) is 0 Å². The Kier molecular flexibility index (Phi) is 5.84. The highest BCUT2D eigenvalue weighted by molar-refractivity contribution is 4.81. The van der Waals surface area contributed by atoms with E-state index in [1.807, 2.05) is 0 Å². The highest BCUT2D eigenvalue weighted by atomic mass is 15.2. The van der Waals surface area contributed by atoms with Gasteiger partial charge in [-0.3, -0.25) is 0 Å². The normalized spacial score (nSPS) is 31.6. The molecule has 17 heavy (non-hydrogen) atoms. The molecule has 1 aliphatic carbocycles. The Morgan fingerprint density at radius 2 is 1.59 bits per heavy atom. The second-order valence-electron chi connectivity index (χ2n) is 6.27. The summed E-state index contributed by atoms with van der Waals surface area (Å²) in [4.78, 5) is 2.80. The van der Waals surface area contributed by atoms with Gasteiger partial charge in [0.05, 0.1) is 0 Å². The molecule has 0 aromatic carbocycles. The maximum atomic E-state index is 2.80. The number of nitrogens with zero attached hydrogens (tertiary/aromatic N) is 1. The van der Waals surface area contributed by atoms with Crippen LogP contribution in [-0.2, 0) is 0 Å². The Balaban J connectivity index is 1.63. The van der Waals surface area contributed by atoms with E-state index < -0.39 is 0 Å². The van der Waals surface area contributed by atoms with Crippen LogP contribution in [0.15, 0.2) is 0 Å². The number of hydrogen-bond acceptors (Lipinski definition) is 1. The highest BCUT2D eigenvalue weighted by Gasteiger charge is 2.26. The molecular weight excluding hydrogens is 206 g/mol. The Morgan fingerprint density at radius 3 is 2.24 bits per heavy atom. The van der Waals surface area contributed by atoms with E-state index >= 15 is 0 Å². The van der Waals surface area contributed by atoms with E-state index in [1.54, 1.807) is 0 Å². The molecule has 0 atom stereocenters. The molecule has 2 fully saturated rings. The zero-order chi connectivity index (χ0) is 11.9. The van der Waals surface area contributed by atoms with Gasteiger partial charge in [0.2, 0.25) is 0 Å². The van der Waals surface area contributed by atoms with Crippen molar-refractivity contribution in [2.75, 3.05) is 13.1 Å². The zero-order valence-electron chi connectivity index (χ0n) is 11.8. The average Bonchev–Trinajstić information content (AvgIpc) is 2.41. The molecule has 1 aliphatic heterocycles. The molecule has 0 radical (unpaired) electrons. The van der Waals surface area contributed by atoms with E-state index in [4.69, 9.17) is 0 Å². The quantitative estimate of drug-likeness (QED) is 0.631. The summed E-state index contributed by atoms with van der Waals surface area (Å²) in [6, 6.07) is 0.956. The van der Waals surface area contributed by atoms with E-state index in [1.165, 1.54) is 83.7 Å². The molecule has 0 amide bonds. The van der Waals surface area contributed by atoms with Crippen molar-refractivity contribution in [2.45, 2.75) is 83.6 Å². The summed E-state index contributed by atoms with van der Waals surface area (Å²) in [5.74, 6) is 1.07. The second kappa shape index (κ2) is 7.41. The fraction of sp³-hybridized carbons (Fsp3) is 1.00. The summed E-state index contributed by atoms with van der Waals surface area (Å²) < 4.78 is 0. The van der Waals surface area contributed by atoms with Crippen LogP contribution in [0.3, 0.4) is 0 Å². The Labute approximate surface area is 108 Å². The third-order valence-corrected chi connectivity index (χ3v) is 4.94. The van der Waals surface area contributed by atoms with Crippen molar-refractivity contribution in [3.63, 3.8) is 0 Å². The number of rotatable bonds is 5. The van der Waals surface area contributed by atoms with Gasteiger partial charge >= 0.3 is 0 Å². The molecule has 1 heterocycles. The molecule has 100 valence electrons. The van der Waals surface area contributed by atoms with E-state index in [0.717, 1.165) is 12.0 Å². The predicted molar refractivity (Wildman–Crippen MR) is 75.3 cm³/mol. The second-order valence-corrected chi connectivity index (χ2v) is 6.27. The standard InChI is InChI=1S/C16H31N/c1-2-3-5-8-15-9-11-16(12-10-15)17-13-6-4-7-14-17/h15-16H,2-14H2,1H3/t15-,16-. The average molecular weight is 237 g/mol. The van der Waals surface area contributed by atoms with Crippen molar-refractivity contribution in [1.29, 1.82) is 0 Å². The fourth-order valence-corrected chi connectivity index (χ4v) is 3.77. The summed E-state index contributed by atoms with van der Waals surface area (Å²) in [6.45, 7) is 5.10. The van der Waals surface area contributed by atoms with Gasteiger partial charge in [-0.25, -0.2) is 0 Å². The third-order valence-electron chi connectivity index (χ3n) is 4.94. The molecule has 0 bridgehead atoms. The number of likely N-dealkylation sites (tertiary alicyclic amines) is 1. The first kappa shape index (κ1) is 13.4. The topological polar surface area (TPSA) is 3.24 Å². The summed E-state index contributed by atoms with van der Waals surface area (Å²) in [5, 5.41) is 0. The van der Waals surface area contributed by atoms with Gasteiger partial charge in [0.15, 0.2) is 0 Å². The number of piperidine rings is 1. The third kappa shape index (κ3) is 4.28. The summed E-state index contributed by atoms with van der Waals surface area (Å²) in [5.41, 5.74) is 0. The van der Waals surface area contributed by atoms with Crippen LogP contribution < -0.4 is 0 Å². The van der Waals surface area contributed by atoms with Gasteiger partial charge in [-0.1, -0.05) is 39.0 Å². The molecule has 1 saturated heterocycles. The van der Waals surface area contributed by atoms with Gasteiger partial charge in [-0.2, -0.15) is 0 Å². The van der Waals surface area contributed by atoms with Crippen LogP contribution in [-0.4, -0.2) is 24.0 Å². The van der Waals surface area contributed by atoms with Gasteiger partial charge in [-0.15, -0.1) is 0 Å². The molecule has 1 saturated carbocycles. The van der Waals surface area contributed by atoms with Gasteiger partial charge in [0.1, 0.15) is 0 Å². The van der Waals surface area contributed by atoms with Crippen LogP contribution in [0.5, 0.6) is 0 Å². The van der Waals surface area contributed by atoms with Crippen molar-refractivity contribution >= 4 is 0 Å². The molecule has 0 N–H and O–H groups in total. The molecule has 0 unspecified atom stereocenters.